The van der Waals surface area contributed by atoms with Crippen molar-refractivity contribution in [1.29, 1.82) is 0 Å². The Labute approximate surface area is 116 Å². The molecule has 106 valence electrons. The minimum absolute atomic E-state index is 0.0143. The quantitative estimate of drug-likeness (QED) is 0.873. The van der Waals surface area contributed by atoms with E-state index in [0.29, 0.717) is 12.8 Å². The third-order valence-electron chi connectivity index (χ3n) is 3.70. The van der Waals surface area contributed by atoms with Gasteiger partial charge in [0.1, 0.15) is 0 Å². The van der Waals surface area contributed by atoms with Gasteiger partial charge in [-0.1, -0.05) is 52.8 Å². The van der Waals surface area contributed by atoms with Crippen molar-refractivity contribution in [2.45, 2.75) is 58.4 Å². The standard InChI is InChI=1S/C16H26N2O/c1-6-16(17,7-2)14(19)18-13-11-9-8-10-12(13)15(3,4)5/h8-11H,6-7,17H2,1-5H3,(H,18,19). The maximum atomic E-state index is 12.3. The van der Waals surface area contributed by atoms with E-state index in [1.807, 2.05) is 38.1 Å². The molecule has 3 N–H and O–H groups in total. The largest absolute Gasteiger partial charge is 0.324 e. The molecule has 19 heavy (non-hydrogen) atoms. The van der Waals surface area contributed by atoms with Gasteiger partial charge in [-0.3, -0.25) is 4.79 Å². The van der Waals surface area contributed by atoms with Crippen LogP contribution in [0.25, 0.3) is 0 Å². The van der Waals surface area contributed by atoms with Gasteiger partial charge < -0.3 is 11.1 Å². The maximum Gasteiger partial charge on any atom is 0.244 e. The molecular weight excluding hydrogens is 236 g/mol. The summed E-state index contributed by atoms with van der Waals surface area (Å²) in [5.41, 5.74) is 7.32. The number of hydrogen-bond donors (Lipinski definition) is 2. The number of benzene rings is 1. The number of carbonyl (C=O) groups excluding carboxylic acids is 1. The fourth-order valence-electron chi connectivity index (χ4n) is 2.06. The normalized spacial score (nSPS) is 12.3. The zero-order valence-corrected chi connectivity index (χ0v) is 12.7. The van der Waals surface area contributed by atoms with Crippen molar-refractivity contribution < 1.29 is 4.79 Å². The van der Waals surface area contributed by atoms with Gasteiger partial charge in [0, 0.05) is 5.69 Å². The average Bonchev–Trinajstić information content (AvgIpc) is 2.37. The van der Waals surface area contributed by atoms with E-state index in [4.69, 9.17) is 5.73 Å². The highest BCUT2D eigenvalue weighted by atomic mass is 16.2. The number of carbonyl (C=O) groups is 1. The summed E-state index contributed by atoms with van der Waals surface area (Å²) in [6.45, 7) is 10.3. The predicted molar refractivity (Wildman–Crippen MR) is 81.3 cm³/mol. The Morgan fingerprint density at radius 1 is 1.16 bits per heavy atom. The highest BCUT2D eigenvalue weighted by molar-refractivity contribution is 5.98. The second kappa shape index (κ2) is 5.74. The number of nitrogens with one attached hydrogen (secondary N) is 1. The van der Waals surface area contributed by atoms with Crippen LogP contribution in [0.5, 0.6) is 0 Å². The minimum Gasteiger partial charge on any atom is -0.324 e. The third kappa shape index (κ3) is 3.57. The summed E-state index contributed by atoms with van der Waals surface area (Å²) in [6, 6.07) is 7.91. The Morgan fingerprint density at radius 3 is 2.16 bits per heavy atom. The average molecular weight is 262 g/mol. The molecule has 0 radical (unpaired) electrons. The predicted octanol–water partition coefficient (Wildman–Crippen LogP) is 3.44. The molecule has 0 saturated heterocycles. The van der Waals surface area contributed by atoms with Gasteiger partial charge in [0.2, 0.25) is 5.91 Å². The van der Waals surface area contributed by atoms with Crippen molar-refractivity contribution >= 4 is 11.6 Å². The number of anilines is 1. The van der Waals surface area contributed by atoms with Gasteiger partial charge in [-0.05, 0) is 29.9 Å². The van der Waals surface area contributed by atoms with Crippen molar-refractivity contribution in [2.75, 3.05) is 5.32 Å². The number of hydrogen-bond acceptors (Lipinski definition) is 2. The Hall–Kier alpha value is -1.35. The van der Waals surface area contributed by atoms with Crippen LogP contribution >= 0.6 is 0 Å². The van der Waals surface area contributed by atoms with Crippen LogP contribution in [0.15, 0.2) is 24.3 Å². The van der Waals surface area contributed by atoms with Crippen molar-refractivity contribution in [3.8, 4) is 0 Å². The summed E-state index contributed by atoms with van der Waals surface area (Å²) in [4.78, 5) is 12.3. The van der Waals surface area contributed by atoms with E-state index in [2.05, 4.69) is 26.1 Å². The lowest BCUT2D eigenvalue weighted by Gasteiger charge is -2.28. The molecule has 0 saturated carbocycles. The van der Waals surface area contributed by atoms with Crippen LogP contribution in [0.4, 0.5) is 5.69 Å². The Bertz CT molecular complexity index is 442. The molecule has 0 unspecified atom stereocenters. The molecule has 1 amide bonds. The number of nitrogens with two attached hydrogens (primary N) is 1. The van der Waals surface area contributed by atoms with Crippen molar-refractivity contribution in [3.05, 3.63) is 29.8 Å². The number of rotatable bonds is 4. The molecule has 1 rings (SSSR count). The zero-order chi connectivity index (χ0) is 14.7. The fourth-order valence-corrected chi connectivity index (χ4v) is 2.06. The first kappa shape index (κ1) is 15.7. The van der Waals surface area contributed by atoms with Crippen LogP contribution in [0.1, 0.15) is 53.0 Å². The van der Waals surface area contributed by atoms with Gasteiger partial charge >= 0.3 is 0 Å². The van der Waals surface area contributed by atoms with E-state index in [1.165, 1.54) is 0 Å². The lowest BCUT2D eigenvalue weighted by molar-refractivity contribution is -0.121. The van der Waals surface area contributed by atoms with Crippen molar-refractivity contribution in [2.24, 2.45) is 5.73 Å². The van der Waals surface area contributed by atoms with Crippen LogP contribution in [0, 0.1) is 0 Å². The molecule has 0 spiro atoms. The molecule has 0 aliphatic carbocycles. The number of para-hydroxylation sites is 1. The molecule has 3 nitrogen and oxygen atoms in total. The second-order valence-corrected chi connectivity index (χ2v) is 6.11. The molecule has 0 fully saturated rings. The first-order valence-corrected chi connectivity index (χ1v) is 6.94. The Kier molecular flexibility index (Phi) is 4.75. The maximum absolute atomic E-state index is 12.3. The van der Waals surface area contributed by atoms with Crippen LogP contribution in [0.2, 0.25) is 0 Å². The van der Waals surface area contributed by atoms with E-state index < -0.39 is 5.54 Å². The molecule has 0 atom stereocenters. The van der Waals surface area contributed by atoms with Crippen LogP contribution in [0.3, 0.4) is 0 Å². The van der Waals surface area contributed by atoms with Crippen LogP contribution in [-0.4, -0.2) is 11.4 Å². The van der Waals surface area contributed by atoms with E-state index in [1.54, 1.807) is 0 Å². The molecular formula is C16H26N2O. The van der Waals surface area contributed by atoms with Gasteiger partial charge in [0.05, 0.1) is 5.54 Å². The second-order valence-electron chi connectivity index (χ2n) is 6.11. The minimum atomic E-state index is -0.787. The summed E-state index contributed by atoms with van der Waals surface area (Å²) in [6.07, 6.45) is 1.26. The molecule has 0 aliphatic heterocycles. The van der Waals surface area contributed by atoms with Crippen LogP contribution < -0.4 is 11.1 Å². The zero-order valence-electron chi connectivity index (χ0n) is 12.7. The topological polar surface area (TPSA) is 55.1 Å². The van der Waals surface area contributed by atoms with Gasteiger partial charge in [-0.25, -0.2) is 0 Å². The van der Waals surface area contributed by atoms with Gasteiger partial charge in [-0.2, -0.15) is 0 Å². The number of amides is 1. The molecule has 0 aromatic heterocycles. The van der Waals surface area contributed by atoms with E-state index in [-0.39, 0.29) is 11.3 Å². The lowest BCUT2D eigenvalue weighted by atomic mass is 9.85. The highest BCUT2D eigenvalue weighted by Crippen LogP contribution is 2.30. The van der Waals surface area contributed by atoms with Crippen molar-refractivity contribution in [1.82, 2.24) is 0 Å². The van der Waals surface area contributed by atoms with Gasteiger partial charge in [-0.15, -0.1) is 0 Å². The third-order valence-corrected chi connectivity index (χ3v) is 3.70. The molecule has 3 heteroatoms. The Morgan fingerprint density at radius 2 is 1.68 bits per heavy atom. The molecule has 0 bridgehead atoms. The van der Waals surface area contributed by atoms with Crippen molar-refractivity contribution in [3.63, 3.8) is 0 Å². The molecule has 0 aliphatic rings. The van der Waals surface area contributed by atoms with E-state index in [9.17, 15) is 4.79 Å². The first-order valence-electron chi connectivity index (χ1n) is 6.94. The summed E-state index contributed by atoms with van der Waals surface area (Å²) >= 11 is 0. The van der Waals surface area contributed by atoms with Crippen LogP contribution in [-0.2, 0) is 10.2 Å². The van der Waals surface area contributed by atoms with Gasteiger partial charge in [0.25, 0.3) is 0 Å². The lowest BCUT2D eigenvalue weighted by Crippen LogP contribution is -2.50. The van der Waals surface area contributed by atoms with E-state index >= 15 is 0 Å². The molecule has 1 aromatic carbocycles. The summed E-state index contributed by atoms with van der Waals surface area (Å²) < 4.78 is 0. The Balaban J connectivity index is 3.04. The smallest absolute Gasteiger partial charge is 0.244 e. The van der Waals surface area contributed by atoms with Gasteiger partial charge in [0.15, 0.2) is 0 Å². The first-order chi connectivity index (χ1) is 8.74. The fraction of sp³-hybridized carbons (Fsp3) is 0.562. The molecule has 0 heterocycles. The summed E-state index contributed by atoms with van der Waals surface area (Å²) in [5, 5.41) is 3.00. The van der Waals surface area contributed by atoms with E-state index in [0.717, 1.165) is 11.3 Å². The summed E-state index contributed by atoms with van der Waals surface area (Å²) in [5.74, 6) is -0.103. The molecule has 1 aromatic rings. The SMILES string of the molecule is CCC(N)(CC)C(=O)Nc1ccccc1C(C)(C)C. The monoisotopic (exact) mass is 262 g/mol. The highest BCUT2D eigenvalue weighted by Gasteiger charge is 2.30. The summed E-state index contributed by atoms with van der Waals surface area (Å²) in [7, 11) is 0.